The Morgan fingerprint density at radius 2 is 1.19 bits per heavy atom. The van der Waals surface area contributed by atoms with Gasteiger partial charge >= 0.3 is 35.9 Å². The number of aliphatic carboxylic acids is 5. The van der Waals surface area contributed by atoms with E-state index in [0.29, 0.717) is 11.3 Å². The van der Waals surface area contributed by atoms with E-state index in [-0.39, 0.29) is 19.5 Å². The maximum atomic E-state index is 12.3. The van der Waals surface area contributed by atoms with Gasteiger partial charge in [0.15, 0.2) is 6.61 Å². The SMILES string of the molecule is C[C@@H](CN(CC(=O)O)CC(=O)O)N(CC(=O)O)[C@H](Cc1ccc(NC(=O)CONC(=O)OC(C)(C)C)cc1)CN(CC(=O)O)CC(=O)O. The predicted molar refractivity (Wildman–Crippen MR) is 165 cm³/mol. The van der Waals surface area contributed by atoms with E-state index in [0.717, 1.165) is 9.80 Å². The number of carbonyl (C=O) groups excluding carboxylic acids is 2. The van der Waals surface area contributed by atoms with E-state index in [9.17, 15) is 59.1 Å². The first-order chi connectivity index (χ1) is 22.2. The van der Waals surface area contributed by atoms with Gasteiger partial charge in [-0.05, 0) is 51.8 Å². The van der Waals surface area contributed by atoms with E-state index in [1.165, 1.54) is 17.0 Å². The van der Waals surface area contributed by atoms with Crippen molar-refractivity contribution in [1.82, 2.24) is 20.2 Å². The molecule has 48 heavy (non-hydrogen) atoms. The van der Waals surface area contributed by atoms with E-state index in [1.807, 2.05) is 5.48 Å². The lowest BCUT2D eigenvalue weighted by atomic mass is 10.0. The highest BCUT2D eigenvalue weighted by molar-refractivity contribution is 5.91. The van der Waals surface area contributed by atoms with Crippen LogP contribution < -0.4 is 10.8 Å². The zero-order chi connectivity index (χ0) is 36.6. The van der Waals surface area contributed by atoms with Crippen molar-refractivity contribution in [3.05, 3.63) is 29.8 Å². The van der Waals surface area contributed by atoms with Crippen molar-refractivity contribution in [3.8, 4) is 0 Å². The van der Waals surface area contributed by atoms with Crippen LogP contribution in [0.3, 0.4) is 0 Å². The standard InChI is InChI=1S/C29H43N5O14/c1-18(10-32(12-23(36)37)13-24(38)39)34(16-27(44)45)21(11-33(14-25(40)41)15-26(42)43)9-19-5-7-20(8-6-19)30-22(35)17-47-31-28(46)48-29(2,3)4/h5-8,18,21H,9-17H2,1-4H3,(H,30,35)(H,31,46)(H,36,37)(H,38,39)(H,40,41)(H,42,43)(H,44,45)/t18-,21+/m0/s1. The number of amides is 2. The third-order valence-corrected chi connectivity index (χ3v) is 6.25. The Balaban J connectivity index is 3.24. The fourth-order valence-electron chi connectivity index (χ4n) is 4.65. The lowest BCUT2D eigenvalue weighted by Gasteiger charge is -2.39. The summed E-state index contributed by atoms with van der Waals surface area (Å²) in [6, 6.07) is 4.56. The third kappa shape index (κ3) is 18.3. The van der Waals surface area contributed by atoms with Crippen molar-refractivity contribution < 1.29 is 68.7 Å². The summed E-state index contributed by atoms with van der Waals surface area (Å²) in [4.78, 5) is 90.0. The maximum Gasteiger partial charge on any atom is 0.431 e. The summed E-state index contributed by atoms with van der Waals surface area (Å²) in [6.07, 6.45) is -0.843. The van der Waals surface area contributed by atoms with Gasteiger partial charge in [0.1, 0.15) is 5.60 Å². The van der Waals surface area contributed by atoms with Crippen molar-refractivity contribution in [3.63, 3.8) is 0 Å². The zero-order valence-electron chi connectivity index (χ0n) is 27.1. The number of carboxylic acids is 5. The van der Waals surface area contributed by atoms with Crippen molar-refractivity contribution in [2.75, 3.05) is 57.7 Å². The molecule has 0 aliphatic carbocycles. The molecule has 0 spiro atoms. The molecule has 268 valence electrons. The van der Waals surface area contributed by atoms with Crippen LogP contribution in [0.1, 0.15) is 33.3 Å². The molecule has 7 N–H and O–H groups in total. The van der Waals surface area contributed by atoms with Gasteiger partial charge in [0, 0.05) is 30.9 Å². The number of anilines is 1. The Morgan fingerprint density at radius 3 is 1.62 bits per heavy atom. The minimum absolute atomic E-state index is 0.0440. The average molecular weight is 686 g/mol. The molecule has 0 saturated heterocycles. The van der Waals surface area contributed by atoms with Crippen LogP contribution in [0.5, 0.6) is 0 Å². The average Bonchev–Trinajstić information content (AvgIpc) is 2.89. The molecule has 0 aromatic heterocycles. The highest BCUT2D eigenvalue weighted by atomic mass is 16.7. The molecule has 0 aliphatic rings. The summed E-state index contributed by atoms with van der Waals surface area (Å²) < 4.78 is 4.99. The van der Waals surface area contributed by atoms with E-state index in [4.69, 9.17) is 9.57 Å². The monoisotopic (exact) mass is 685 g/mol. The number of rotatable bonds is 22. The first kappa shape index (κ1) is 41.2. The predicted octanol–water partition coefficient (Wildman–Crippen LogP) is -0.290. The fraction of sp³-hybridized carbons (Fsp3) is 0.552. The number of hydrogen-bond acceptors (Lipinski definition) is 12. The Hall–Kier alpha value is -4.85. The quantitative estimate of drug-likeness (QED) is 0.0772. The van der Waals surface area contributed by atoms with Gasteiger partial charge in [-0.1, -0.05) is 12.1 Å². The fourth-order valence-corrected chi connectivity index (χ4v) is 4.65. The molecule has 0 fully saturated rings. The van der Waals surface area contributed by atoms with E-state index < -0.39 is 98.9 Å². The molecule has 1 aromatic carbocycles. The van der Waals surface area contributed by atoms with Crippen molar-refractivity contribution in [1.29, 1.82) is 0 Å². The molecule has 2 atom stereocenters. The van der Waals surface area contributed by atoms with Gasteiger partial charge < -0.3 is 35.6 Å². The molecule has 0 unspecified atom stereocenters. The molecule has 1 rings (SSSR count). The Bertz CT molecular complexity index is 1250. The minimum Gasteiger partial charge on any atom is -0.480 e. The van der Waals surface area contributed by atoms with Crippen LogP contribution in [-0.4, -0.2) is 152 Å². The van der Waals surface area contributed by atoms with Gasteiger partial charge in [-0.25, -0.2) is 4.79 Å². The molecular formula is C29H43N5O14. The summed E-state index contributed by atoms with van der Waals surface area (Å²) in [5.74, 6) is -7.18. The second-order valence-electron chi connectivity index (χ2n) is 11.8. The molecule has 19 heteroatoms. The summed E-state index contributed by atoms with van der Waals surface area (Å²) in [5, 5.41) is 49.5. The highest BCUT2D eigenvalue weighted by Crippen LogP contribution is 2.18. The van der Waals surface area contributed by atoms with Crippen LogP contribution in [0.2, 0.25) is 0 Å². The minimum atomic E-state index is -1.33. The molecular weight excluding hydrogens is 642 g/mol. The molecule has 0 bridgehead atoms. The van der Waals surface area contributed by atoms with Gasteiger partial charge in [-0.3, -0.25) is 48.3 Å². The Morgan fingerprint density at radius 1 is 0.729 bits per heavy atom. The Kier molecular flexibility index (Phi) is 16.9. The molecule has 19 nitrogen and oxygen atoms in total. The van der Waals surface area contributed by atoms with E-state index in [2.05, 4.69) is 5.32 Å². The molecule has 0 heterocycles. The van der Waals surface area contributed by atoms with Gasteiger partial charge in [0.25, 0.3) is 5.91 Å². The number of nitrogens with one attached hydrogen (secondary N) is 2. The number of carboxylic acid groups (broad SMARTS) is 5. The first-order valence-corrected chi connectivity index (χ1v) is 14.5. The lowest BCUT2D eigenvalue weighted by molar-refractivity contribution is -0.144. The second kappa shape index (κ2) is 19.7. The van der Waals surface area contributed by atoms with Gasteiger partial charge in [0.2, 0.25) is 0 Å². The van der Waals surface area contributed by atoms with Crippen LogP contribution >= 0.6 is 0 Å². The summed E-state index contributed by atoms with van der Waals surface area (Å²) in [7, 11) is 0. The molecule has 1 aromatic rings. The molecule has 0 aliphatic heterocycles. The first-order valence-electron chi connectivity index (χ1n) is 14.5. The van der Waals surface area contributed by atoms with E-state index in [1.54, 1.807) is 39.8 Å². The van der Waals surface area contributed by atoms with Crippen LogP contribution in [0, 0.1) is 0 Å². The van der Waals surface area contributed by atoms with Crippen molar-refractivity contribution in [2.24, 2.45) is 0 Å². The van der Waals surface area contributed by atoms with Crippen LogP contribution in [-0.2, 0) is 44.8 Å². The van der Waals surface area contributed by atoms with Crippen molar-refractivity contribution in [2.45, 2.75) is 51.8 Å². The van der Waals surface area contributed by atoms with Crippen LogP contribution in [0.25, 0.3) is 0 Å². The zero-order valence-corrected chi connectivity index (χ0v) is 27.1. The van der Waals surface area contributed by atoms with Crippen LogP contribution in [0.4, 0.5) is 10.5 Å². The summed E-state index contributed by atoms with van der Waals surface area (Å²) in [5.41, 5.74) is 2.11. The number of hydrogen-bond donors (Lipinski definition) is 7. The number of carbonyl (C=O) groups is 7. The van der Waals surface area contributed by atoms with E-state index >= 15 is 0 Å². The highest BCUT2D eigenvalue weighted by Gasteiger charge is 2.31. The largest absolute Gasteiger partial charge is 0.480 e. The number of hydroxylamine groups is 1. The molecule has 0 saturated carbocycles. The van der Waals surface area contributed by atoms with Gasteiger partial charge in [-0.2, -0.15) is 5.48 Å². The summed E-state index contributed by atoms with van der Waals surface area (Å²) in [6.45, 7) is 2.21. The second-order valence-corrected chi connectivity index (χ2v) is 11.8. The third-order valence-electron chi connectivity index (χ3n) is 6.25. The number of benzene rings is 1. The topological polar surface area (TPSA) is 273 Å². The van der Waals surface area contributed by atoms with Crippen LogP contribution in [0.15, 0.2) is 24.3 Å². The molecule has 0 radical (unpaired) electrons. The van der Waals surface area contributed by atoms with Crippen molar-refractivity contribution >= 4 is 47.5 Å². The number of ether oxygens (including phenoxy) is 1. The normalized spacial score (nSPS) is 12.7. The maximum absolute atomic E-state index is 12.3. The number of nitrogens with zero attached hydrogens (tertiary/aromatic N) is 3. The summed E-state index contributed by atoms with van der Waals surface area (Å²) >= 11 is 0. The smallest absolute Gasteiger partial charge is 0.431 e. The van der Waals surface area contributed by atoms with Gasteiger partial charge in [-0.15, -0.1) is 0 Å². The molecule has 2 amide bonds. The lowest BCUT2D eigenvalue weighted by Crippen LogP contribution is -2.55. The van der Waals surface area contributed by atoms with Gasteiger partial charge in [0.05, 0.1) is 32.7 Å². The Labute approximate surface area is 275 Å².